The summed E-state index contributed by atoms with van der Waals surface area (Å²) < 4.78 is 26.2. The molecular formula is C13H16N2O4S. The van der Waals surface area contributed by atoms with Gasteiger partial charge in [0.15, 0.2) is 0 Å². The largest absolute Gasteiger partial charge is 0.294 e. The molecule has 1 heterocycles. The summed E-state index contributed by atoms with van der Waals surface area (Å²) in [5.74, 6) is -1.21. The number of piperazine rings is 1. The first-order valence-corrected chi connectivity index (χ1v) is 7.60. The van der Waals surface area contributed by atoms with Gasteiger partial charge in [0.2, 0.25) is 21.8 Å². The smallest absolute Gasteiger partial charge is 0.244 e. The lowest BCUT2D eigenvalue weighted by Gasteiger charge is -2.31. The second kappa shape index (κ2) is 4.99. The van der Waals surface area contributed by atoms with E-state index in [4.69, 9.17) is 0 Å². The average Bonchev–Trinajstić information content (AvgIpc) is 2.33. The molecule has 0 radical (unpaired) electrons. The van der Waals surface area contributed by atoms with Crippen molar-refractivity contribution < 1.29 is 18.0 Å². The molecule has 0 aromatic heterocycles. The highest BCUT2D eigenvalue weighted by Crippen LogP contribution is 2.23. The maximum atomic E-state index is 12.6. The van der Waals surface area contributed by atoms with E-state index in [-0.39, 0.29) is 11.4 Å². The van der Waals surface area contributed by atoms with Crippen LogP contribution in [0, 0.1) is 13.8 Å². The van der Waals surface area contributed by atoms with Crippen molar-refractivity contribution in [1.29, 1.82) is 0 Å². The number of hydrogen-bond acceptors (Lipinski definition) is 4. The molecule has 1 saturated heterocycles. The van der Waals surface area contributed by atoms with Gasteiger partial charge in [-0.3, -0.25) is 14.9 Å². The third-order valence-corrected chi connectivity index (χ3v) is 5.37. The fraction of sp³-hybridized carbons (Fsp3) is 0.385. The van der Waals surface area contributed by atoms with E-state index in [9.17, 15) is 18.0 Å². The van der Waals surface area contributed by atoms with Crippen molar-refractivity contribution in [3.63, 3.8) is 0 Å². The number of carbonyl (C=O) groups is 2. The fourth-order valence-corrected chi connectivity index (χ4v) is 3.96. The Kier molecular flexibility index (Phi) is 3.66. The van der Waals surface area contributed by atoms with E-state index in [0.717, 1.165) is 9.87 Å². The van der Waals surface area contributed by atoms with Crippen molar-refractivity contribution >= 4 is 21.8 Å². The van der Waals surface area contributed by atoms with Crippen LogP contribution in [-0.2, 0) is 19.6 Å². The molecule has 1 unspecified atom stereocenters. The lowest BCUT2D eigenvalue weighted by Crippen LogP contribution is -2.58. The Hall–Kier alpha value is -1.73. The van der Waals surface area contributed by atoms with Gasteiger partial charge in [0.1, 0.15) is 6.04 Å². The Bertz CT molecular complexity index is 682. The van der Waals surface area contributed by atoms with Crippen molar-refractivity contribution in [2.45, 2.75) is 31.7 Å². The minimum Gasteiger partial charge on any atom is -0.294 e. The van der Waals surface area contributed by atoms with Crippen LogP contribution in [0.15, 0.2) is 23.1 Å². The Morgan fingerprint density at radius 1 is 1.25 bits per heavy atom. The van der Waals surface area contributed by atoms with Crippen LogP contribution in [0.3, 0.4) is 0 Å². The zero-order valence-electron chi connectivity index (χ0n) is 11.5. The van der Waals surface area contributed by atoms with Gasteiger partial charge in [-0.25, -0.2) is 8.42 Å². The molecule has 20 heavy (non-hydrogen) atoms. The SMILES string of the molecule is Cc1ccc(S(=O)(=O)N2CC(=O)NC(=O)C2C)c(C)c1. The molecular weight excluding hydrogens is 280 g/mol. The van der Waals surface area contributed by atoms with Gasteiger partial charge in [-0.15, -0.1) is 0 Å². The molecule has 0 bridgehead atoms. The summed E-state index contributed by atoms with van der Waals surface area (Å²) >= 11 is 0. The predicted molar refractivity (Wildman–Crippen MR) is 72.4 cm³/mol. The lowest BCUT2D eigenvalue weighted by molar-refractivity contribution is -0.136. The van der Waals surface area contributed by atoms with E-state index in [1.54, 1.807) is 19.1 Å². The van der Waals surface area contributed by atoms with Gasteiger partial charge in [0.05, 0.1) is 11.4 Å². The number of carbonyl (C=O) groups excluding carboxylic acids is 2. The Morgan fingerprint density at radius 3 is 2.50 bits per heavy atom. The molecule has 0 saturated carbocycles. The molecule has 6 nitrogen and oxygen atoms in total. The van der Waals surface area contributed by atoms with Crippen LogP contribution in [0.4, 0.5) is 0 Å². The number of hydrogen-bond donors (Lipinski definition) is 1. The van der Waals surface area contributed by atoms with Crippen LogP contribution in [0.1, 0.15) is 18.1 Å². The molecule has 2 rings (SSSR count). The molecule has 1 aromatic rings. The highest BCUT2D eigenvalue weighted by molar-refractivity contribution is 7.89. The number of rotatable bonds is 2. The number of benzene rings is 1. The maximum Gasteiger partial charge on any atom is 0.244 e. The molecule has 1 aliphatic heterocycles. The van der Waals surface area contributed by atoms with Crippen LogP contribution in [-0.4, -0.2) is 37.1 Å². The quantitative estimate of drug-likeness (QED) is 0.798. The average molecular weight is 296 g/mol. The van der Waals surface area contributed by atoms with Crippen LogP contribution >= 0.6 is 0 Å². The molecule has 2 amide bonds. The lowest BCUT2D eigenvalue weighted by atomic mass is 10.2. The third-order valence-electron chi connectivity index (χ3n) is 3.29. The highest BCUT2D eigenvalue weighted by atomic mass is 32.2. The van der Waals surface area contributed by atoms with Crippen molar-refractivity contribution in [2.24, 2.45) is 0 Å². The Morgan fingerprint density at radius 2 is 1.90 bits per heavy atom. The number of nitrogens with one attached hydrogen (secondary N) is 1. The third kappa shape index (κ3) is 2.46. The van der Waals surface area contributed by atoms with Crippen molar-refractivity contribution in [2.75, 3.05) is 6.54 Å². The maximum absolute atomic E-state index is 12.6. The fourth-order valence-electron chi connectivity index (χ4n) is 2.20. The summed E-state index contributed by atoms with van der Waals surface area (Å²) in [5, 5.41) is 2.12. The molecule has 0 spiro atoms. The first kappa shape index (κ1) is 14.7. The normalized spacial score (nSPS) is 20.9. The van der Waals surface area contributed by atoms with E-state index in [0.29, 0.717) is 5.56 Å². The van der Waals surface area contributed by atoms with Gasteiger partial charge in [0, 0.05) is 0 Å². The Labute approximate surface area is 117 Å². The summed E-state index contributed by atoms with van der Waals surface area (Å²) in [6, 6.07) is 4.04. The molecule has 1 atom stereocenters. The number of amides is 2. The van der Waals surface area contributed by atoms with Crippen LogP contribution in [0.5, 0.6) is 0 Å². The van der Waals surface area contributed by atoms with Gasteiger partial charge in [-0.1, -0.05) is 17.7 Å². The number of aryl methyl sites for hydroxylation is 2. The molecule has 7 heteroatoms. The van der Waals surface area contributed by atoms with Crippen molar-refractivity contribution in [3.05, 3.63) is 29.3 Å². The minimum atomic E-state index is -3.87. The highest BCUT2D eigenvalue weighted by Gasteiger charge is 2.39. The molecule has 1 aromatic carbocycles. The van der Waals surface area contributed by atoms with Gasteiger partial charge < -0.3 is 0 Å². The van der Waals surface area contributed by atoms with E-state index in [1.165, 1.54) is 13.0 Å². The zero-order valence-corrected chi connectivity index (χ0v) is 12.3. The standard InChI is InChI=1S/C13H16N2O4S/c1-8-4-5-11(9(2)6-8)20(18,19)15-7-12(16)14-13(17)10(15)3/h4-6,10H,7H2,1-3H3,(H,14,16,17). The first-order valence-electron chi connectivity index (χ1n) is 6.16. The topological polar surface area (TPSA) is 83.6 Å². The van der Waals surface area contributed by atoms with Crippen molar-refractivity contribution in [1.82, 2.24) is 9.62 Å². The van der Waals surface area contributed by atoms with E-state index < -0.39 is 27.9 Å². The van der Waals surface area contributed by atoms with Gasteiger partial charge >= 0.3 is 0 Å². The predicted octanol–water partition coefficient (Wildman–Crippen LogP) is 0.339. The van der Waals surface area contributed by atoms with Crippen LogP contribution < -0.4 is 5.32 Å². The zero-order chi connectivity index (χ0) is 15.1. The number of nitrogens with zero attached hydrogens (tertiary/aromatic N) is 1. The molecule has 108 valence electrons. The van der Waals surface area contributed by atoms with Gasteiger partial charge in [0.25, 0.3) is 0 Å². The minimum absolute atomic E-state index is 0.123. The summed E-state index contributed by atoms with van der Waals surface area (Å²) in [7, 11) is -3.87. The summed E-state index contributed by atoms with van der Waals surface area (Å²) in [4.78, 5) is 23.1. The summed E-state index contributed by atoms with van der Waals surface area (Å²) in [6.07, 6.45) is 0. The second-order valence-corrected chi connectivity index (χ2v) is 6.77. The molecule has 1 aliphatic rings. The molecule has 0 aliphatic carbocycles. The molecule has 1 fully saturated rings. The monoisotopic (exact) mass is 296 g/mol. The number of sulfonamides is 1. The van der Waals surface area contributed by atoms with E-state index in [1.807, 2.05) is 6.92 Å². The van der Waals surface area contributed by atoms with Crippen molar-refractivity contribution in [3.8, 4) is 0 Å². The van der Waals surface area contributed by atoms with Crippen LogP contribution in [0.2, 0.25) is 0 Å². The number of imide groups is 1. The van der Waals surface area contributed by atoms with E-state index in [2.05, 4.69) is 5.32 Å². The Balaban J connectivity index is 2.48. The van der Waals surface area contributed by atoms with Crippen LogP contribution in [0.25, 0.3) is 0 Å². The molecule has 1 N–H and O–H groups in total. The van der Waals surface area contributed by atoms with Gasteiger partial charge in [-0.05, 0) is 32.4 Å². The summed E-state index contributed by atoms with van der Waals surface area (Å²) in [6.45, 7) is 4.67. The second-order valence-electron chi connectivity index (χ2n) is 4.91. The van der Waals surface area contributed by atoms with Gasteiger partial charge in [-0.2, -0.15) is 4.31 Å². The summed E-state index contributed by atoms with van der Waals surface area (Å²) in [5.41, 5.74) is 1.54. The first-order chi connectivity index (χ1) is 9.23. The van der Waals surface area contributed by atoms with E-state index >= 15 is 0 Å².